The van der Waals surface area contributed by atoms with Crippen LogP contribution in [-0.4, -0.2) is 44.2 Å². The van der Waals surface area contributed by atoms with Gasteiger partial charge in [-0.1, -0.05) is 30.3 Å². The van der Waals surface area contributed by atoms with Gasteiger partial charge >= 0.3 is 0 Å². The molecule has 0 aliphatic carbocycles. The first-order valence-corrected chi connectivity index (χ1v) is 9.10. The van der Waals surface area contributed by atoms with Crippen LogP contribution in [0.3, 0.4) is 0 Å². The largest absolute Gasteiger partial charge is 0.493 e. The van der Waals surface area contributed by atoms with Gasteiger partial charge in [0.25, 0.3) is 5.91 Å². The van der Waals surface area contributed by atoms with Crippen LogP contribution >= 0.6 is 0 Å². The van der Waals surface area contributed by atoms with E-state index in [0.717, 1.165) is 18.4 Å². The summed E-state index contributed by atoms with van der Waals surface area (Å²) in [4.78, 5) is 14.7. The third-order valence-electron chi connectivity index (χ3n) is 4.76. The minimum atomic E-state index is -0.0480. The van der Waals surface area contributed by atoms with E-state index in [1.54, 1.807) is 26.4 Å². The summed E-state index contributed by atoms with van der Waals surface area (Å²) < 4.78 is 16.9. The second-order valence-corrected chi connectivity index (χ2v) is 6.61. The average molecular weight is 370 g/mol. The van der Waals surface area contributed by atoms with Crippen molar-refractivity contribution >= 4 is 5.91 Å². The quantitative estimate of drug-likeness (QED) is 0.846. The minimum absolute atomic E-state index is 0.0480. The van der Waals surface area contributed by atoms with Crippen molar-refractivity contribution in [1.82, 2.24) is 4.90 Å². The normalized spacial score (nSPS) is 14.7. The van der Waals surface area contributed by atoms with Crippen LogP contribution in [0, 0.1) is 0 Å². The number of amides is 1. The van der Waals surface area contributed by atoms with E-state index in [2.05, 4.69) is 0 Å². The zero-order chi connectivity index (χ0) is 19.2. The van der Waals surface area contributed by atoms with E-state index in [1.807, 2.05) is 35.2 Å². The fourth-order valence-corrected chi connectivity index (χ4v) is 3.16. The van der Waals surface area contributed by atoms with Gasteiger partial charge in [-0.15, -0.1) is 0 Å². The zero-order valence-electron chi connectivity index (χ0n) is 15.8. The van der Waals surface area contributed by atoms with Crippen LogP contribution in [0.15, 0.2) is 42.5 Å². The lowest BCUT2D eigenvalue weighted by Crippen LogP contribution is -2.42. The van der Waals surface area contributed by atoms with Crippen LogP contribution in [0.1, 0.15) is 28.8 Å². The van der Waals surface area contributed by atoms with Gasteiger partial charge in [-0.3, -0.25) is 4.79 Å². The van der Waals surface area contributed by atoms with Crippen LogP contribution in [0.5, 0.6) is 17.2 Å². The first-order chi connectivity index (χ1) is 13.1. The highest BCUT2D eigenvalue weighted by Crippen LogP contribution is 2.39. The molecule has 0 saturated carbocycles. The van der Waals surface area contributed by atoms with E-state index in [0.29, 0.717) is 42.5 Å². The van der Waals surface area contributed by atoms with Crippen LogP contribution in [0.25, 0.3) is 0 Å². The summed E-state index contributed by atoms with van der Waals surface area (Å²) in [6, 6.07) is 13.4. The molecule has 144 valence electrons. The number of benzene rings is 2. The van der Waals surface area contributed by atoms with E-state index in [1.165, 1.54) is 0 Å². The highest BCUT2D eigenvalue weighted by atomic mass is 16.5. The third-order valence-corrected chi connectivity index (χ3v) is 4.76. The summed E-state index contributed by atoms with van der Waals surface area (Å²) in [6.07, 6.45) is 1.64. The van der Waals surface area contributed by atoms with E-state index in [9.17, 15) is 4.79 Å². The molecule has 0 atom stereocenters. The molecule has 27 heavy (non-hydrogen) atoms. The number of piperidine rings is 1. The van der Waals surface area contributed by atoms with Gasteiger partial charge in [0.1, 0.15) is 6.61 Å². The van der Waals surface area contributed by atoms with Crippen molar-refractivity contribution in [2.75, 3.05) is 27.3 Å². The number of carbonyl (C=O) groups excluding carboxylic acids is 1. The van der Waals surface area contributed by atoms with Crippen molar-refractivity contribution in [2.24, 2.45) is 5.73 Å². The van der Waals surface area contributed by atoms with Crippen molar-refractivity contribution in [3.8, 4) is 17.2 Å². The lowest BCUT2D eigenvalue weighted by Gasteiger charge is -2.30. The van der Waals surface area contributed by atoms with Gasteiger partial charge < -0.3 is 24.8 Å². The van der Waals surface area contributed by atoms with Gasteiger partial charge in [0.05, 0.1) is 14.2 Å². The number of rotatable bonds is 6. The van der Waals surface area contributed by atoms with Crippen LogP contribution < -0.4 is 19.9 Å². The third kappa shape index (κ3) is 4.52. The number of nitrogens with zero attached hydrogens (tertiary/aromatic N) is 1. The Hall–Kier alpha value is -2.73. The predicted molar refractivity (Wildman–Crippen MR) is 103 cm³/mol. The number of methoxy groups -OCH3 is 2. The Labute approximate surface area is 159 Å². The molecule has 2 aromatic carbocycles. The maximum absolute atomic E-state index is 12.9. The fraction of sp³-hybridized carbons (Fsp3) is 0.381. The summed E-state index contributed by atoms with van der Waals surface area (Å²) in [7, 11) is 3.11. The number of hydrogen-bond donors (Lipinski definition) is 1. The molecule has 1 aliphatic rings. The smallest absolute Gasteiger partial charge is 0.254 e. The van der Waals surface area contributed by atoms with Crippen LogP contribution in [0.2, 0.25) is 0 Å². The molecule has 2 N–H and O–H groups in total. The Kier molecular flexibility index (Phi) is 6.19. The molecule has 2 aromatic rings. The van der Waals surface area contributed by atoms with Crippen molar-refractivity contribution < 1.29 is 19.0 Å². The molecule has 1 saturated heterocycles. The van der Waals surface area contributed by atoms with Gasteiger partial charge in [0.2, 0.25) is 5.75 Å². The number of hydrogen-bond acceptors (Lipinski definition) is 5. The Morgan fingerprint density at radius 1 is 1.07 bits per heavy atom. The van der Waals surface area contributed by atoms with Gasteiger partial charge in [0, 0.05) is 24.7 Å². The molecule has 1 heterocycles. The average Bonchev–Trinajstić information content (AvgIpc) is 2.72. The Morgan fingerprint density at radius 3 is 2.22 bits per heavy atom. The molecule has 0 bridgehead atoms. The molecular formula is C21H26N2O4. The van der Waals surface area contributed by atoms with Crippen LogP contribution in [-0.2, 0) is 6.61 Å². The standard InChI is InChI=1S/C21H26N2O4/c1-25-18-12-16(21(24)23-10-8-17(22)9-11-23)13-19(26-2)20(18)27-14-15-6-4-3-5-7-15/h3-7,12-13,17H,8-11,14,22H2,1-2H3. The molecule has 0 unspecified atom stereocenters. The summed E-state index contributed by atoms with van der Waals surface area (Å²) in [5, 5.41) is 0. The van der Waals surface area contributed by atoms with Gasteiger partial charge in [-0.05, 0) is 30.5 Å². The highest BCUT2D eigenvalue weighted by Gasteiger charge is 2.24. The second kappa shape index (κ2) is 8.77. The Bertz CT molecular complexity index is 746. The van der Waals surface area contributed by atoms with Gasteiger partial charge in [0.15, 0.2) is 11.5 Å². The molecule has 1 aliphatic heterocycles. The van der Waals surface area contributed by atoms with E-state index < -0.39 is 0 Å². The Morgan fingerprint density at radius 2 is 1.67 bits per heavy atom. The lowest BCUT2D eigenvalue weighted by molar-refractivity contribution is 0.0714. The van der Waals surface area contributed by atoms with E-state index in [4.69, 9.17) is 19.9 Å². The molecule has 1 fully saturated rings. The summed E-state index contributed by atoms with van der Waals surface area (Å²) in [5.41, 5.74) is 7.49. The number of ether oxygens (including phenoxy) is 3. The summed E-state index contributed by atoms with van der Waals surface area (Å²) >= 11 is 0. The molecule has 6 nitrogen and oxygen atoms in total. The zero-order valence-corrected chi connectivity index (χ0v) is 15.8. The predicted octanol–water partition coefficient (Wildman–Crippen LogP) is 2.85. The van der Waals surface area contributed by atoms with E-state index >= 15 is 0 Å². The minimum Gasteiger partial charge on any atom is -0.493 e. The van der Waals surface area contributed by atoms with Crippen molar-refractivity contribution in [3.05, 3.63) is 53.6 Å². The lowest BCUT2D eigenvalue weighted by atomic mass is 10.0. The first-order valence-electron chi connectivity index (χ1n) is 9.10. The second-order valence-electron chi connectivity index (χ2n) is 6.61. The van der Waals surface area contributed by atoms with Gasteiger partial charge in [-0.2, -0.15) is 0 Å². The molecule has 0 spiro atoms. The SMILES string of the molecule is COc1cc(C(=O)N2CCC(N)CC2)cc(OC)c1OCc1ccccc1. The molecule has 0 aromatic heterocycles. The fourth-order valence-electron chi connectivity index (χ4n) is 3.16. The molecular weight excluding hydrogens is 344 g/mol. The maximum Gasteiger partial charge on any atom is 0.254 e. The maximum atomic E-state index is 12.9. The topological polar surface area (TPSA) is 74.0 Å². The molecule has 1 amide bonds. The van der Waals surface area contributed by atoms with Crippen molar-refractivity contribution in [3.63, 3.8) is 0 Å². The molecule has 3 rings (SSSR count). The van der Waals surface area contributed by atoms with Crippen LogP contribution in [0.4, 0.5) is 0 Å². The Balaban J connectivity index is 1.82. The van der Waals surface area contributed by atoms with Crippen molar-refractivity contribution in [2.45, 2.75) is 25.5 Å². The van der Waals surface area contributed by atoms with E-state index in [-0.39, 0.29) is 11.9 Å². The summed E-state index contributed by atoms with van der Waals surface area (Å²) in [5.74, 6) is 1.39. The summed E-state index contributed by atoms with van der Waals surface area (Å²) in [6.45, 7) is 1.71. The highest BCUT2D eigenvalue weighted by molar-refractivity contribution is 5.95. The monoisotopic (exact) mass is 370 g/mol. The van der Waals surface area contributed by atoms with Crippen molar-refractivity contribution in [1.29, 1.82) is 0 Å². The molecule has 6 heteroatoms. The number of nitrogens with two attached hydrogens (primary N) is 1. The molecule has 0 radical (unpaired) electrons. The number of carbonyl (C=O) groups is 1. The first kappa shape index (κ1) is 19.0. The number of likely N-dealkylation sites (tertiary alicyclic amines) is 1. The van der Waals surface area contributed by atoms with Gasteiger partial charge in [-0.25, -0.2) is 0 Å².